The molecule has 0 unspecified atom stereocenters. The Kier molecular flexibility index (Phi) is 3.59. The maximum Gasteiger partial charge on any atom is 0.250 e. The number of rotatable bonds is 2. The summed E-state index contributed by atoms with van der Waals surface area (Å²) in [7, 11) is 0. The van der Waals surface area contributed by atoms with Crippen LogP contribution in [0.2, 0.25) is 0 Å². The summed E-state index contributed by atoms with van der Waals surface area (Å²) in [5.41, 5.74) is 3.31. The summed E-state index contributed by atoms with van der Waals surface area (Å²) < 4.78 is 4.01. The lowest BCUT2D eigenvalue weighted by Crippen LogP contribution is -2.47. The van der Waals surface area contributed by atoms with E-state index in [1.165, 1.54) is 0 Å². The second-order valence-electron chi connectivity index (χ2n) is 8.06. The molecule has 2 atom stereocenters. The van der Waals surface area contributed by atoms with Gasteiger partial charge in [0.05, 0.1) is 11.0 Å². The first-order chi connectivity index (χ1) is 14.3. The summed E-state index contributed by atoms with van der Waals surface area (Å²) >= 11 is 0. The zero-order valence-electron chi connectivity index (χ0n) is 16.0. The number of hydrogen-bond donors (Lipinski definition) is 0. The third-order valence-corrected chi connectivity index (χ3v) is 6.22. The SMILES string of the molecule is O=c1cccc2n1C[C@H]1C[C@@H]2CN(c2cccc(-n3cnc4ccccc43)n2)C1. The Balaban J connectivity index is 1.36. The maximum atomic E-state index is 12.3. The third kappa shape index (κ3) is 2.67. The van der Waals surface area contributed by atoms with Gasteiger partial charge in [-0.05, 0) is 42.7 Å². The van der Waals surface area contributed by atoms with Crippen LogP contribution in [0.4, 0.5) is 5.82 Å². The van der Waals surface area contributed by atoms with Gasteiger partial charge in [0.1, 0.15) is 18.0 Å². The van der Waals surface area contributed by atoms with Crippen LogP contribution in [0.5, 0.6) is 0 Å². The Morgan fingerprint density at radius 1 is 0.862 bits per heavy atom. The second-order valence-corrected chi connectivity index (χ2v) is 8.06. The fourth-order valence-electron chi connectivity index (χ4n) is 4.95. The summed E-state index contributed by atoms with van der Waals surface area (Å²) in [6, 6.07) is 19.9. The minimum Gasteiger partial charge on any atom is -0.356 e. The highest BCUT2D eigenvalue weighted by Crippen LogP contribution is 2.36. The van der Waals surface area contributed by atoms with Crippen molar-refractivity contribution in [3.8, 4) is 5.82 Å². The van der Waals surface area contributed by atoms with Crippen LogP contribution in [-0.4, -0.2) is 32.2 Å². The molecule has 29 heavy (non-hydrogen) atoms. The van der Waals surface area contributed by atoms with Gasteiger partial charge in [-0.1, -0.05) is 24.3 Å². The summed E-state index contributed by atoms with van der Waals surface area (Å²) in [6.07, 6.45) is 2.98. The van der Waals surface area contributed by atoms with E-state index in [2.05, 4.69) is 34.1 Å². The third-order valence-electron chi connectivity index (χ3n) is 6.22. The Labute approximate surface area is 168 Å². The summed E-state index contributed by atoms with van der Waals surface area (Å²) in [5, 5.41) is 0. The zero-order chi connectivity index (χ0) is 19.4. The van der Waals surface area contributed by atoms with Gasteiger partial charge in [-0.15, -0.1) is 0 Å². The topological polar surface area (TPSA) is 56.0 Å². The van der Waals surface area contributed by atoms with Gasteiger partial charge in [0.15, 0.2) is 0 Å². The molecule has 144 valence electrons. The summed E-state index contributed by atoms with van der Waals surface area (Å²) in [5.74, 6) is 2.71. The minimum atomic E-state index is 0.123. The van der Waals surface area contributed by atoms with Crippen LogP contribution in [0.3, 0.4) is 0 Å². The van der Waals surface area contributed by atoms with E-state index in [-0.39, 0.29) is 5.56 Å². The molecule has 6 rings (SSSR count). The Hall–Kier alpha value is -3.41. The number of pyridine rings is 2. The number of anilines is 1. The van der Waals surface area contributed by atoms with Crippen molar-refractivity contribution in [2.24, 2.45) is 5.92 Å². The minimum absolute atomic E-state index is 0.123. The molecule has 1 aromatic carbocycles. The monoisotopic (exact) mass is 383 g/mol. The molecule has 4 aromatic rings. The highest BCUT2D eigenvalue weighted by atomic mass is 16.1. The summed E-state index contributed by atoms with van der Waals surface area (Å²) in [6.45, 7) is 2.62. The molecule has 0 aliphatic carbocycles. The molecular weight excluding hydrogens is 362 g/mol. The van der Waals surface area contributed by atoms with Crippen LogP contribution in [0.25, 0.3) is 16.9 Å². The van der Waals surface area contributed by atoms with E-state index in [0.717, 1.165) is 54.4 Å². The molecule has 0 spiro atoms. The number of nitrogens with zero attached hydrogens (tertiary/aromatic N) is 5. The molecular formula is C23H21N5O. The molecule has 6 heteroatoms. The first kappa shape index (κ1) is 16.5. The lowest BCUT2D eigenvalue weighted by Gasteiger charge is -2.43. The van der Waals surface area contributed by atoms with Crippen molar-refractivity contribution in [2.75, 3.05) is 18.0 Å². The zero-order valence-corrected chi connectivity index (χ0v) is 16.0. The average molecular weight is 383 g/mol. The second kappa shape index (κ2) is 6.30. The highest BCUT2D eigenvalue weighted by molar-refractivity contribution is 5.76. The first-order valence-corrected chi connectivity index (χ1v) is 10.1. The van der Waals surface area contributed by atoms with Gasteiger partial charge >= 0.3 is 0 Å². The Morgan fingerprint density at radius 2 is 1.72 bits per heavy atom. The quantitative estimate of drug-likeness (QED) is 0.533. The molecule has 5 heterocycles. The van der Waals surface area contributed by atoms with E-state index in [4.69, 9.17) is 4.98 Å². The molecule has 3 aromatic heterocycles. The molecule has 0 N–H and O–H groups in total. The van der Waals surface area contributed by atoms with Crippen LogP contribution in [0, 0.1) is 5.92 Å². The molecule has 1 fully saturated rings. The van der Waals surface area contributed by atoms with Gasteiger partial charge in [-0.3, -0.25) is 9.36 Å². The van der Waals surface area contributed by atoms with Crippen LogP contribution in [0.15, 0.2) is 71.8 Å². The number of imidazole rings is 1. The van der Waals surface area contributed by atoms with E-state index in [9.17, 15) is 4.79 Å². The Bertz CT molecular complexity index is 1270. The van der Waals surface area contributed by atoms with E-state index in [1.54, 1.807) is 6.07 Å². The fourth-order valence-corrected chi connectivity index (χ4v) is 4.95. The number of benzene rings is 1. The van der Waals surface area contributed by atoms with Crippen LogP contribution in [0.1, 0.15) is 18.0 Å². The van der Waals surface area contributed by atoms with Gasteiger partial charge in [0, 0.05) is 37.3 Å². The molecule has 1 saturated heterocycles. The molecule has 6 nitrogen and oxygen atoms in total. The van der Waals surface area contributed by atoms with Crippen molar-refractivity contribution in [1.82, 2.24) is 19.1 Å². The predicted octanol–water partition coefficient (Wildman–Crippen LogP) is 3.21. The first-order valence-electron chi connectivity index (χ1n) is 10.1. The fraction of sp³-hybridized carbons (Fsp3) is 0.261. The van der Waals surface area contributed by atoms with Crippen molar-refractivity contribution in [1.29, 1.82) is 0 Å². The molecule has 2 bridgehead atoms. The van der Waals surface area contributed by atoms with Gasteiger partial charge in [0.2, 0.25) is 0 Å². The summed E-state index contributed by atoms with van der Waals surface area (Å²) in [4.78, 5) is 24.1. The van der Waals surface area contributed by atoms with Crippen LogP contribution in [-0.2, 0) is 6.54 Å². The van der Waals surface area contributed by atoms with Gasteiger partial charge in [-0.2, -0.15) is 0 Å². The predicted molar refractivity (Wildman–Crippen MR) is 113 cm³/mol. The molecule has 0 saturated carbocycles. The maximum absolute atomic E-state index is 12.3. The van der Waals surface area contributed by atoms with Crippen molar-refractivity contribution in [3.05, 3.63) is 83.0 Å². The van der Waals surface area contributed by atoms with Gasteiger partial charge in [0.25, 0.3) is 5.56 Å². The number of para-hydroxylation sites is 2. The number of aromatic nitrogens is 4. The number of fused-ring (bicyclic) bond motifs is 5. The molecule has 0 radical (unpaired) electrons. The van der Waals surface area contributed by atoms with Crippen molar-refractivity contribution in [2.45, 2.75) is 18.9 Å². The van der Waals surface area contributed by atoms with Gasteiger partial charge < -0.3 is 9.47 Å². The number of hydrogen-bond acceptors (Lipinski definition) is 4. The van der Waals surface area contributed by atoms with Crippen LogP contribution < -0.4 is 10.5 Å². The Morgan fingerprint density at radius 3 is 2.69 bits per heavy atom. The van der Waals surface area contributed by atoms with Crippen molar-refractivity contribution < 1.29 is 0 Å². The van der Waals surface area contributed by atoms with E-state index in [1.807, 2.05) is 45.8 Å². The molecule has 2 aliphatic rings. The highest BCUT2D eigenvalue weighted by Gasteiger charge is 2.35. The van der Waals surface area contributed by atoms with Gasteiger partial charge in [-0.25, -0.2) is 9.97 Å². The average Bonchev–Trinajstić information content (AvgIpc) is 3.19. The molecule has 2 aliphatic heterocycles. The standard InChI is InChI=1S/C23H21N5O/c29-23-10-3-7-19-17-11-16(13-27(19)23)12-26(14-17)21-8-4-9-22(25-21)28-15-24-18-5-1-2-6-20(18)28/h1-10,15-17H,11-14H2/t16-,17+/m0/s1. The van der Waals surface area contributed by atoms with E-state index < -0.39 is 0 Å². The lowest BCUT2D eigenvalue weighted by atomic mass is 9.83. The van der Waals surface area contributed by atoms with E-state index >= 15 is 0 Å². The molecule has 0 amide bonds. The normalized spacial score (nSPS) is 20.6. The van der Waals surface area contributed by atoms with Crippen molar-refractivity contribution >= 4 is 16.9 Å². The van der Waals surface area contributed by atoms with Crippen LogP contribution >= 0.6 is 0 Å². The smallest absolute Gasteiger partial charge is 0.250 e. The number of piperidine rings is 1. The van der Waals surface area contributed by atoms with E-state index in [0.29, 0.717) is 11.8 Å². The van der Waals surface area contributed by atoms with Crippen molar-refractivity contribution in [3.63, 3.8) is 0 Å². The largest absolute Gasteiger partial charge is 0.356 e. The lowest BCUT2D eigenvalue weighted by molar-refractivity contribution is 0.280.